The highest BCUT2D eigenvalue weighted by Crippen LogP contribution is 2.30. The standard InChI is InChI=1S/C22H18ClF2N3O4/c23-15-4-2-14(3-5-15)22(24,25)21(32)26-10-12-1-6-16-13(9-12)11-28(20(16)31)17-7-8-18(29)27-19(17)30/h1-6,9,17H,7-8,10-11H2,(H,26,32)(H,27,29,30)/i2D,3D,10D2/hD. The smallest absolute Gasteiger partial charge is 0.346 e. The zero-order valence-corrected chi connectivity index (χ0v) is 17.0. The molecule has 2 heterocycles. The maximum absolute atomic E-state index is 15.0. The molecule has 10 heteroatoms. The Kier molecular flexibility index (Phi) is 4.24. The van der Waals surface area contributed by atoms with Crippen LogP contribution in [0.15, 0.2) is 42.4 Å². The molecule has 0 spiro atoms. The third-order valence-electron chi connectivity index (χ3n) is 5.10. The third-order valence-corrected chi connectivity index (χ3v) is 5.32. The number of hydrogen-bond acceptors (Lipinski definition) is 4. The van der Waals surface area contributed by atoms with Crippen molar-refractivity contribution in [2.24, 2.45) is 0 Å². The minimum Gasteiger partial charge on any atom is -0.346 e. The van der Waals surface area contributed by atoms with Crippen molar-refractivity contribution in [3.63, 3.8) is 0 Å². The summed E-state index contributed by atoms with van der Waals surface area (Å²) >= 11 is 5.66. The highest BCUT2D eigenvalue weighted by Gasteiger charge is 2.41. The number of carbonyl (C=O) groups excluding carboxylic acids is 4. The number of fused-ring (bicyclic) bond motifs is 1. The van der Waals surface area contributed by atoms with Crippen molar-refractivity contribution >= 4 is 35.2 Å². The number of amides is 4. The first-order valence-corrected chi connectivity index (χ1v) is 9.80. The molecule has 4 amide bonds. The summed E-state index contributed by atoms with van der Waals surface area (Å²) in [6.07, 6.45) is 0.130. The van der Waals surface area contributed by atoms with E-state index < -0.39 is 70.6 Å². The van der Waals surface area contributed by atoms with Crippen molar-refractivity contribution in [3.8, 4) is 0 Å². The summed E-state index contributed by atoms with van der Waals surface area (Å²) in [5.41, 5.74) is -1.36. The van der Waals surface area contributed by atoms with E-state index in [9.17, 15) is 19.2 Å². The molecule has 1 fully saturated rings. The number of hydrogen-bond donors (Lipinski definition) is 2. The molecule has 4 rings (SSSR count). The van der Waals surface area contributed by atoms with Crippen LogP contribution in [0, 0.1) is 0 Å². The predicted octanol–water partition coefficient (Wildman–Crippen LogP) is 2.51. The number of carbonyl (C=O) groups is 4. The van der Waals surface area contributed by atoms with Gasteiger partial charge >= 0.3 is 5.92 Å². The fourth-order valence-electron chi connectivity index (χ4n) is 3.48. The van der Waals surface area contributed by atoms with Gasteiger partial charge in [-0.15, -0.1) is 0 Å². The highest BCUT2D eigenvalue weighted by atomic mass is 35.5. The van der Waals surface area contributed by atoms with E-state index in [1.165, 1.54) is 11.0 Å². The Morgan fingerprint density at radius 1 is 1.31 bits per heavy atom. The van der Waals surface area contributed by atoms with E-state index in [4.69, 9.17) is 18.5 Å². The molecule has 2 aromatic rings. The number of nitrogens with zero attached hydrogens (tertiary/aromatic N) is 1. The molecule has 1 unspecified atom stereocenters. The summed E-state index contributed by atoms with van der Waals surface area (Å²) in [6, 6.07) is 2.23. The average Bonchev–Trinajstić information content (AvgIpc) is 3.12. The van der Waals surface area contributed by atoms with Crippen molar-refractivity contribution < 1.29 is 34.9 Å². The van der Waals surface area contributed by atoms with Crippen LogP contribution in [0.25, 0.3) is 0 Å². The molecule has 1 saturated heterocycles. The molecule has 0 bridgehead atoms. The molecular weight excluding hydrogens is 444 g/mol. The molecule has 0 aromatic heterocycles. The van der Waals surface area contributed by atoms with Gasteiger partial charge < -0.3 is 10.2 Å². The molecule has 0 saturated carbocycles. The number of imide groups is 1. The molecule has 2 aliphatic heterocycles. The summed E-state index contributed by atoms with van der Waals surface area (Å²) < 4.78 is 69.8. The summed E-state index contributed by atoms with van der Waals surface area (Å²) in [4.78, 5) is 50.2. The van der Waals surface area contributed by atoms with Crippen molar-refractivity contribution in [3.05, 3.63) is 69.7 Å². The SMILES string of the molecule is [2H]c1cc(Cl)cc([2H])c1C(F)(F)C(=O)N([2H])C([2H])([2H])c1ccc2c(c1)CN(C1CCC(=O)NC1=O)C2=O. The maximum atomic E-state index is 15.0. The van der Waals surface area contributed by atoms with Gasteiger partial charge in [0.1, 0.15) is 6.04 Å². The molecule has 0 aliphatic carbocycles. The minimum atomic E-state index is -4.59. The molecule has 32 heavy (non-hydrogen) atoms. The van der Waals surface area contributed by atoms with Crippen LogP contribution in [0.4, 0.5) is 8.78 Å². The van der Waals surface area contributed by atoms with Gasteiger partial charge in [-0.05, 0) is 35.7 Å². The third kappa shape index (κ3) is 4.08. The first-order valence-electron chi connectivity index (χ1n) is 11.9. The van der Waals surface area contributed by atoms with E-state index in [0.29, 0.717) is 0 Å². The molecule has 7 nitrogen and oxygen atoms in total. The maximum Gasteiger partial charge on any atom is 0.349 e. The summed E-state index contributed by atoms with van der Waals surface area (Å²) in [5, 5.41) is 1.40. The van der Waals surface area contributed by atoms with Gasteiger partial charge in [-0.1, -0.05) is 35.8 Å². The zero-order valence-electron chi connectivity index (χ0n) is 21.2. The zero-order chi connectivity index (χ0) is 27.4. The second-order valence-electron chi connectivity index (χ2n) is 7.21. The average molecular weight is 467 g/mol. The van der Waals surface area contributed by atoms with Crippen LogP contribution in [0.2, 0.25) is 6.43 Å². The second-order valence-corrected chi connectivity index (χ2v) is 7.65. The summed E-state index contributed by atoms with van der Waals surface area (Å²) in [7, 11) is 0. The molecular formula is C22H18ClF2N3O4. The number of piperidine rings is 1. The molecule has 2 aromatic carbocycles. The fourth-order valence-corrected chi connectivity index (χ4v) is 3.59. The normalized spacial score (nSPS) is 21.1. The highest BCUT2D eigenvalue weighted by molar-refractivity contribution is 6.30. The van der Waals surface area contributed by atoms with Crippen molar-refractivity contribution in [1.82, 2.24) is 15.5 Å². The van der Waals surface area contributed by atoms with Gasteiger partial charge in [-0.2, -0.15) is 8.78 Å². The van der Waals surface area contributed by atoms with Gasteiger partial charge in [-0.25, -0.2) is 0 Å². The Labute approximate surface area is 193 Å². The molecule has 166 valence electrons. The van der Waals surface area contributed by atoms with Gasteiger partial charge in [0.25, 0.3) is 11.8 Å². The number of nitrogens with one attached hydrogen (secondary N) is 2. The van der Waals surface area contributed by atoms with Crippen LogP contribution in [-0.2, 0) is 33.3 Å². The van der Waals surface area contributed by atoms with E-state index in [2.05, 4.69) is 5.32 Å². The van der Waals surface area contributed by atoms with Gasteiger partial charge in [0, 0.05) is 35.6 Å². The number of benzene rings is 2. The lowest BCUT2D eigenvalue weighted by Gasteiger charge is -2.29. The molecule has 1 atom stereocenters. The lowest BCUT2D eigenvalue weighted by atomic mass is 10.0. The quantitative estimate of drug-likeness (QED) is 0.662. The predicted molar refractivity (Wildman–Crippen MR) is 110 cm³/mol. The van der Waals surface area contributed by atoms with Gasteiger partial charge in [0.15, 0.2) is 1.41 Å². The lowest BCUT2D eigenvalue weighted by molar-refractivity contribution is -0.147. The largest absolute Gasteiger partial charge is 0.349 e. The van der Waals surface area contributed by atoms with E-state index in [0.717, 1.165) is 24.3 Å². The van der Waals surface area contributed by atoms with E-state index in [1.807, 2.05) is 0 Å². The second kappa shape index (κ2) is 8.31. The Bertz CT molecular complexity index is 1340. The van der Waals surface area contributed by atoms with Crippen LogP contribution in [-0.4, -0.2) is 34.6 Å². The molecule has 2 aliphatic rings. The van der Waals surface area contributed by atoms with Crippen molar-refractivity contribution in [1.29, 1.82) is 0 Å². The van der Waals surface area contributed by atoms with Crippen LogP contribution >= 0.6 is 11.6 Å². The van der Waals surface area contributed by atoms with E-state index in [-0.39, 0.29) is 35.5 Å². The number of rotatable bonds is 5. The Morgan fingerprint density at radius 2 is 2.03 bits per heavy atom. The van der Waals surface area contributed by atoms with Crippen molar-refractivity contribution in [2.75, 3.05) is 0 Å². The van der Waals surface area contributed by atoms with Gasteiger partial charge in [0.2, 0.25) is 11.8 Å². The molecule has 2 N–H and O–H groups in total. The lowest BCUT2D eigenvalue weighted by Crippen LogP contribution is -2.52. The monoisotopic (exact) mass is 466 g/mol. The van der Waals surface area contributed by atoms with E-state index >= 15 is 8.78 Å². The van der Waals surface area contributed by atoms with Crippen LogP contribution in [0.5, 0.6) is 0 Å². The number of alkyl halides is 2. The summed E-state index contributed by atoms with van der Waals surface area (Å²) in [5.74, 6) is -8.57. The summed E-state index contributed by atoms with van der Waals surface area (Å²) in [6.45, 7) is -3.25. The minimum absolute atomic E-state index is 0.0299. The van der Waals surface area contributed by atoms with Crippen LogP contribution in [0.1, 0.15) is 45.4 Å². The fraction of sp³-hybridized carbons (Fsp3) is 0.273. The van der Waals surface area contributed by atoms with Crippen LogP contribution in [0.3, 0.4) is 0 Å². The van der Waals surface area contributed by atoms with Crippen molar-refractivity contribution in [2.45, 2.75) is 37.8 Å². The van der Waals surface area contributed by atoms with Crippen LogP contribution < -0.4 is 10.6 Å². The first kappa shape index (κ1) is 16.3. The van der Waals surface area contributed by atoms with E-state index in [1.54, 1.807) is 0 Å². The van der Waals surface area contributed by atoms with Gasteiger partial charge in [-0.3, -0.25) is 24.5 Å². The Balaban J connectivity index is 1.61. The van der Waals surface area contributed by atoms with Gasteiger partial charge in [0.05, 0.1) is 5.48 Å². The topological polar surface area (TPSA) is 95.6 Å². The first-order chi connectivity index (χ1) is 17.2. The molecule has 0 radical (unpaired) electrons. The Morgan fingerprint density at radius 3 is 2.72 bits per heavy atom. The Hall–Kier alpha value is -3.33. The number of halogens is 3.